The van der Waals surface area contributed by atoms with Gasteiger partial charge in [0, 0.05) is 20.7 Å². The number of para-hydroxylation sites is 1. The predicted molar refractivity (Wildman–Crippen MR) is 149 cm³/mol. The Balaban J connectivity index is 1.45. The summed E-state index contributed by atoms with van der Waals surface area (Å²) in [7, 11) is 0. The van der Waals surface area contributed by atoms with E-state index in [9.17, 15) is 0 Å². The van der Waals surface area contributed by atoms with Crippen LogP contribution in [0.25, 0.3) is 49.1 Å². The van der Waals surface area contributed by atoms with Crippen molar-refractivity contribution in [1.82, 2.24) is 4.57 Å². The van der Waals surface area contributed by atoms with Crippen LogP contribution in [0.5, 0.6) is 0 Å². The van der Waals surface area contributed by atoms with E-state index in [2.05, 4.69) is 131 Å². The second kappa shape index (κ2) is 7.18. The van der Waals surface area contributed by atoms with E-state index in [1.807, 2.05) is 0 Å². The molecule has 0 spiro atoms. The lowest BCUT2D eigenvalue weighted by molar-refractivity contribution is 0.660. The van der Waals surface area contributed by atoms with E-state index in [4.69, 9.17) is 0 Å². The van der Waals surface area contributed by atoms with E-state index in [-0.39, 0.29) is 5.41 Å². The van der Waals surface area contributed by atoms with Crippen molar-refractivity contribution in [3.63, 3.8) is 0 Å². The molecule has 0 saturated carbocycles. The molecule has 0 bridgehead atoms. The van der Waals surface area contributed by atoms with Gasteiger partial charge in [0.25, 0.3) is 0 Å². The van der Waals surface area contributed by atoms with Gasteiger partial charge >= 0.3 is 0 Å². The molecule has 0 radical (unpaired) electrons. The summed E-state index contributed by atoms with van der Waals surface area (Å²) in [5.74, 6) is 0. The Morgan fingerprint density at radius 1 is 0.676 bits per heavy atom. The minimum absolute atomic E-state index is 0.0274. The average molecular weight is 520 g/mol. The Hall–Kier alpha value is -3.14. The number of benzene rings is 4. The molecule has 7 rings (SSSR count). The van der Waals surface area contributed by atoms with Crippen LogP contribution in [0.15, 0.2) is 101 Å². The van der Waals surface area contributed by atoms with E-state index in [0.717, 1.165) is 4.47 Å². The SMILES string of the molecule is CC1(C)c2cc(Br)ccc2-c2ccc(-c3ccc4c5ccccc5n(-c5cccs5)c4c3)cc21. The third kappa shape index (κ3) is 2.77. The number of nitrogens with zero attached hydrogens (tertiary/aromatic N) is 1. The van der Waals surface area contributed by atoms with Gasteiger partial charge in [-0.1, -0.05) is 78.3 Å². The quantitative estimate of drug-likeness (QED) is 0.214. The maximum Gasteiger partial charge on any atom is 0.0999 e. The zero-order chi connectivity index (χ0) is 23.0. The molecule has 0 N–H and O–H groups in total. The molecule has 1 aliphatic carbocycles. The summed E-state index contributed by atoms with van der Waals surface area (Å²) in [5, 5.41) is 6.00. The number of hydrogen-bond acceptors (Lipinski definition) is 1. The van der Waals surface area contributed by atoms with E-state index in [0.29, 0.717) is 0 Å². The van der Waals surface area contributed by atoms with Crippen molar-refractivity contribution in [2.24, 2.45) is 0 Å². The van der Waals surface area contributed by atoms with Crippen LogP contribution in [0, 0.1) is 0 Å². The first-order valence-corrected chi connectivity index (χ1v) is 13.2. The average Bonchev–Trinajstić information content (AvgIpc) is 3.53. The van der Waals surface area contributed by atoms with Crippen LogP contribution in [0.3, 0.4) is 0 Å². The smallest absolute Gasteiger partial charge is 0.0999 e. The molecule has 3 heteroatoms. The second-order valence-electron chi connectivity index (χ2n) is 9.61. The molecule has 0 fully saturated rings. The van der Waals surface area contributed by atoms with E-state index < -0.39 is 0 Å². The zero-order valence-electron chi connectivity index (χ0n) is 19.0. The molecule has 1 aliphatic rings. The molecule has 2 heterocycles. The highest BCUT2D eigenvalue weighted by Crippen LogP contribution is 2.50. The van der Waals surface area contributed by atoms with Crippen molar-refractivity contribution in [2.75, 3.05) is 0 Å². The molecule has 6 aromatic rings. The van der Waals surface area contributed by atoms with Gasteiger partial charge in [-0.2, -0.15) is 0 Å². The Kier molecular flexibility index (Phi) is 4.28. The van der Waals surface area contributed by atoms with Crippen LogP contribution >= 0.6 is 27.3 Å². The fraction of sp³-hybridized carbons (Fsp3) is 0.0968. The van der Waals surface area contributed by atoms with Gasteiger partial charge in [0.2, 0.25) is 0 Å². The maximum atomic E-state index is 3.67. The number of rotatable bonds is 2. The topological polar surface area (TPSA) is 4.93 Å². The van der Waals surface area contributed by atoms with Gasteiger partial charge in [-0.05, 0) is 81.2 Å². The third-order valence-electron chi connectivity index (χ3n) is 7.37. The zero-order valence-corrected chi connectivity index (χ0v) is 21.4. The summed E-state index contributed by atoms with van der Waals surface area (Å²) in [6, 6.07) is 33.7. The van der Waals surface area contributed by atoms with Crippen LogP contribution < -0.4 is 0 Å². The summed E-state index contributed by atoms with van der Waals surface area (Å²) in [6.45, 7) is 4.68. The summed E-state index contributed by atoms with van der Waals surface area (Å²) in [5.41, 5.74) is 10.5. The highest BCUT2D eigenvalue weighted by molar-refractivity contribution is 9.10. The van der Waals surface area contributed by atoms with Gasteiger partial charge in [-0.3, -0.25) is 0 Å². The van der Waals surface area contributed by atoms with Crippen LogP contribution in [0.1, 0.15) is 25.0 Å². The normalized spacial score (nSPS) is 14.0. The highest BCUT2D eigenvalue weighted by atomic mass is 79.9. The van der Waals surface area contributed by atoms with E-state index in [1.54, 1.807) is 11.3 Å². The van der Waals surface area contributed by atoms with Crippen LogP contribution in [0.4, 0.5) is 0 Å². The summed E-state index contributed by atoms with van der Waals surface area (Å²) in [4.78, 5) is 0. The monoisotopic (exact) mass is 519 g/mol. The highest BCUT2D eigenvalue weighted by Gasteiger charge is 2.35. The standard InChI is InChI=1S/C31H22BrNS/c1-31(2)26-16-19(9-12-22(26)23-14-11-21(32)18-27(23)31)20-10-13-25-24-6-3-4-7-28(24)33(29(25)17-20)30-8-5-15-34-30/h3-18H,1-2H3. The first-order valence-electron chi connectivity index (χ1n) is 11.5. The van der Waals surface area contributed by atoms with E-state index >= 15 is 0 Å². The molecule has 2 aromatic heterocycles. The van der Waals surface area contributed by atoms with Gasteiger partial charge in [-0.15, -0.1) is 11.3 Å². The fourth-order valence-corrected chi connectivity index (χ4v) is 6.79. The molecule has 0 unspecified atom stereocenters. The molecule has 164 valence electrons. The largest absolute Gasteiger partial charge is 0.301 e. The first kappa shape index (κ1) is 20.3. The Morgan fingerprint density at radius 3 is 2.21 bits per heavy atom. The van der Waals surface area contributed by atoms with Crippen LogP contribution in [-0.2, 0) is 5.41 Å². The Bertz CT molecular complexity index is 1740. The van der Waals surface area contributed by atoms with Crippen molar-refractivity contribution in [2.45, 2.75) is 19.3 Å². The van der Waals surface area contributed by atoms with Gasteiger partial charge in [0.05, 0.1) is 16.0 Å². The fourth-order valence-electron chi connectivity index (χ4n) is 5.67. The Morgan fingerprint density at radius 2 is 1.38 bits per heavy atom. The van der Waals surface area contributed by atoms with Crippen molar-refractivity contribution in [3.05, 3.63) is 112 Å². The van der Waals surface area contributed by atoms with Gasteiger partial charge in [-0.25, -0.2) is 0 Å². The minimum Gasteiger partial charge on any atom is -0.301 e. The van der Waals surface area contributed by atoms with Crippen molar-refractivity contribution in [3.8, 4) is 27.3 Å². The van der Waals surface area contributed by atoms with Gasteiger partial charge < -0.3 is 4.57 Å². The number of fused-ring (bicyclic) bond motifs is 6. The van der Waals surface area contributed by atoms with Crippen molar-refractivity contribution >= 4 is 49.1 Å². The predicted octanol–water partition coefficient (Wildman–Crippen LogP) is 9.58. The number of thiophene rings is 1. The number of hydrogen-bond donors (Lipinski definition) is 0. The molecule has 0 amide bonds. The van der Waals surface area contributed by atoms with Crippen LogP contribution in [-0.4, -0.2) is 4.57 Å². The third-order valence-corrected chi connectivity index (χ3v) is 8.72. The lowest BCUT2D eigenvalue weighted by Gasteiger charge is -2.22. The maximum absolute atomic E-state index is 3.67. The molecule has 0 saturated heterocycles. The summed E-state index contributed by atoms with van der Waals surface area (Å²) >= 11 is 5.45. The molecule has 4 aromatic carbocycles. The molecule has 0 aliphatic heterocycles. The molecular weight excluding hydrogens is 498 g/mol. The van der Waals surface area contributed by atoms with Crippen molar-refractivity contribution < 1.29 is 0 Å². The molecule has 0 atom stereocenters. The molecular formula is C31H22BrNS. The number of aromatic nitrogens is 1. The molecule has 34 heavy (non-hydrogen) atoms. The van der Waals surface area contributed by atoms with Crippen molar-refractivity contribution in [1.29, 1.82) is 0 Å². The first-order chi connectivity index (χ1) is 16.5. The van der Waals surface area contributed by atoms with Gasteiger partial charge in [0.15, 0.2) is 0 Å². The van der Waals surface area contributed by atoms with E-state index in [1.165, 1.54) is 60.2 Å². The minimum atomic E-state index is -0.0274. The molecule has 1 nitrogen and oxygen atoms in total. The summed E-state index contributed by atoms with van der Waals surface area (Å²) < 4.78 is 3.54. The van der Waals surface area contributed by atoms with Crippen LogP contribution in [0.2, 0.25) is 0 Å². The second-order valence-corrected chi connectivity index (χ2v) is 11.5. The number of halogens is 1. The lowest BCUT2D eigenvalue weighted by atomic mass is 9.81. The summed E-state index contributed by atoms with van der Waals surface area (Å²) in [6.07, 6.45) is 0. The lowest BCUT2D eigenvalue weighted by Crippen LogP contribution is -2.15. The Labute approximate surface area is 211 Å². The van der Waals surface area contributed by atoms with Gasteiger partial charge in [0.1, 0.15) is 0 Å².